The van der Waals surface area contributed by atoms with Gasteiger partial charge in [-0.25, -0.2) is 0 Å². The molecular formula is C28H42O2. The van der Waals surface area contributed by atoms with Crippen LogP contribution in [0.5, 0.6) is 0 Å². The summed E-state index contributed by atoms with van der Waals surface area (Å²) in [7, 11) is 0. The molecule has 2 heteroatoms. The zero-order valence-corrected chi connectivity index (χ0v) is 19.3. The normalized spacial score (nSPS) is 27.2. The monoisotopic (exact) mass is 410 g/mol. The number of carbonyl (C=O) groups is 2. The summed E-state index contributed by atoms with van der Waals surface area (Å²) in [5.74, 6) is 2.13. The highest BCUT2D eigenvalue weighted by Gasteiger charge is 2.32. The van der Waals surface area contributed by atoms with Gasteiger partial charge in [-0.05, 0) is 67.4 Å². The topological polar surface area (TPSA) is 34.1 Å². The second-order valence-corrected chi connectivity index (χ2v) is 10.1. The molecule has 1 aromatic carbocycles. The molecule has 0 radical (unpaired) electrons. The van der Waals surface area contributed by atoms with Gasteiger partial charge >= 0.3 is 0 Å². The van der Waals surface area contributed by atoms with Crippen molar-refractivity contribution in [3.63, 3.8) is 0 Å². The molecule has 2 aliphatic rings. The Morgan fingerprint density at radius 3 is 2.17 bits per heavy atom. The molecular weight excluding hydrogens is 368 g/mol. The average molecular weight is 411 g/mol. The molecule has 2 aliphatic carbocycles. The average Bonchev–Trinajstić information content (AvgIpc) is 2.75. The minimum Gasteiger partial charge on any atom is -0.299 e. The third kappa shape index (κ3) is 6.53. The van der Waals surface area contributed by atoms with Crippen LogP contribution in [0.1, 0.15) is 114 Å². The Kier molecular flexibility index (Phi) is 9.15. The Morgan fingerprint density at radius 2 is 1.53 bits per heavy atom. The number of hydrogen-bond donors (Lipinski definition) is 0. The first-order chi connectivity index (χ1) is 14.6. The van der Waals surface area contributed by atoms with Crippen LogP contribution in [0.25, 0.3) is 0 Å². The van der Waals surface area contributed by atoms with Crippen LogP contribution in [0.2, 0.25) is 0 Å². The standard InChI is InChI=1S/C28H42O2/c1-3-5-6-8-22-13-18-26(27(29)19-22)28(30)20-23-11-16-25(17-12-23)24-14-9-21(7-4-2)10-15-24/h11-12,16-17,21-22,24,26H,3-10,13-15,18-20H2,1-2H3. The summed E-state index contributed by atoms with van der Waals surface area (Å²) >= 11 is 0. The van der Waals surface area contributed by atoms with Crippen LogP contribution in [-0.2, 0) is 16.0 Å². The van der Waals surface area contributed by atoms with E-state index in [1.54, 1.807) is 0 Å². The second kappa shape index (κ2) is 11.8. The molecule has 2 saturated carbocycles. The van der Waals surface area contributed by atoms with E-state index in [4.69, 9.17) is 0 Å². The van der Waals surface area contributed by atoms with E-state index < -0.39 is 0 Å². The van der Waals surface area contributed by atoms with E-state index in [0.717, 1.165) is 30.7 Å². The maximum Gasteiger partial charge on any atom is 0.147 e. The van der Waals surface area contributed by atoms with E-state index >= 15 is 0 Å². The minimum atomic E-state index is -0.346. The summed E-state index contributed by atoms with van der Waals surface area (Å²) in [4.78, 5) is 25.4. The fourth-order valence-electron chi connectivity index (χ4n) is 5.79. The van der Waals surface area contributed by atoms with Gasteiger partial charge in [-0.1, -0.05) is 76.6 Å². The van der Waals surface area contributed by atoms with Gasteiger partial charge in [0, 0.05) is 12.8 Å². The molecule has 1 aromatic rings. The number of Topliss-reactive ketones (excluding diaryl/α,β-unsaturated/α-hetero) is 2. The lowest BCUT2D eigenvalue weighted by Gasteiger charge is -2.28. The van der Waals surface area contributed by atoms with Gasteiger partial charge in [0.2, 0.25) is 0 Å². The number of unbranched alkanes of at least 4 members (excludes halogenated alkanes) is 2. The lowest BCUT2D eigenvalue weighted by atomic mass is 9.76. The fraction of sp³-hybridized carbons (Fsp3) is 0.714. The zero-order chi connectivity index (χ0) is 21.3. The maximum absolute atomic E-state index is 12.8. The van der Waals surface area contributed by atoms with Crippen molar-refractivity contribution < 1.29 is 9.59 Å². The largest absolute Gasteiger partial charge is 0.299 e. The van der Waals surface area contributed by atoms with E-state index in [1.807, 2.05) is 0 Å². The quantitative estimate of drug-likeness (QED) is 0.297. The summed E-state index contributed by atoms with van der Waals surface area (Å²) in [6.45, 7) is 4.50. The molecule has 0 saturated heterocycles. The van der Waals surface area contributed by atoms with E-state index in [9.17, 15) is 9.59 Å². The van der Waals surface area contributed by atoms with Crippen LogP contribution in [0.15, 0.2) is 24.3 Å². The lowest BCUT2D eigenvalue weighted by molar-refractivity contribution is -0.135. The van der Waals surface area contributed by atoms with Crippen molar-refractivity contribution in [3.05, 3.63) is 35.4 Å². The number of carbonyl (C=O) groups excluding carboxylic acids is 2. The summed E-state index contributed by atoms with van der Waals surface area (Å²) < 4.78 is 0. The highest BCUT2D eigenvalue weighted by Crippen LogP contribution is 2.37. The van der Waals surface area contributed by atoms with Gasteiger partial charge in [0.05, 0.1) is 5.92 Å². The minimum absolute atomic E-state index is 0.139. The maximum atomic E-state index is 12.8. The van der Waals surface area contributed by atoms with E-state index in [1.165, 1.54) is 63.4 Å². The van der Waals surface area contributed by atoms with Crippen LogP contribution < -0.4 is 0 Å². The van der Waals surface area contributed by atoms with Gasteiger partial charge in [0.25, 0.3) is 0 Å². The van der Waals surface area contributed by atoms with E-state index in [0.29, 0.717) is 24.7 Å². The van der Waals surface area contributed by atoms with Gasteiger partial charge in [-0.2, -0.15) is 0 Å². The van der Waals surface area contributed by atoms with Gasteiger partial charge in [-0.15, -0.1) is 0 Å². The molecule has 2 unspecified atom stereocenters. The highest BCUT2D eigenvalue weighted by molar-refractivity contribution is 6.03. The van der Waals surface area contributed by atoms with Crippen molar-refractivity contribution in [1.29, 1.82) is 0 Å². The third-order valence-electron chi connectivity index (χ3n) is 7.72. The second-order valence-electron chi connectivity index (χ2n) is 10.1. The molecule has 0 heterocycles. The van der Waals surface area contributed by atoms with E-state index in [-0.39, 0.29) is 17.5 Å². The van der Waals surface area contributed by atoms with Crippen LogP contribution >= 0.6 is 0 Å². The molecule has 0 N–H and O–H groups in total. The number of benzene rings is 1. The SMILES string of the molecule is CCCCCC1CCC(C(=O)Cc2ccc(C3CCC(CCC)CC3)cc2)C(=O)C1. The number of ketones is 2. The molecule has 3 rings (SSSR count). The predicted octanol–water partition coefficient (Wildman–Crippen LogP) is 7.44. The molecule has 0 bridgehead atoms. The molecule has 0 aliphatic heterocycles. The van der Waals surface area contributed by atoms with Crippen molar-refractivity contribution >= 4 is 11.6 Å². The summed E-state index contributed by atoms with van der Waals surface area (Å²) in [5.41, 5.74) is 2.51. The third-order valence-corrected chi connectivity index (χ3v) is 7.72. The first-order valence-corrected chi connectivity index (χ1v) is 12.7. The first-order valence-electron chi connectivity index (χ1n) is 12.7. The van der Waals surface area contributed by atoms with Gasteiger partial charge in [0.1, 0.15) is 11.6 Å². The van der Waals surface area contributed by atoms with Crippen molar-refractivity contribution in [2.75, 3.05) is 0 Å². The van der Waals surface area contributed by atoms with Gasteiger partial charge in [0.15, 0.2) is 0 Å². The Hall–Kier alpha value is -1.44. The highest BCUT2D eigenvalue weighted by atomic mass is 16.1. The summed E-state index contributed by atoms with van der Waals surface area (Å²) in [6.07, 6.45) is 15.7. The molecule has 2 atom stereocenters. The number of rotatable bonds is 10. The molecule has 0 aromatic heterocycles. The van der Waals surface area contributed by atoms with Crippen molar-refractivity contribution in [2.45, 2.75) is 110 Å². The van der Waals surface area contributed by atoms with Crippen molar-refractivity contribution in [3.8, 4) is 0 Å². The Morgan fingerprint density at radius 1 is 0.833 bits per heavy atom. The lowest BCUT2D eigenvalue weighted by Crippen LogP contribution is -2.32. The van der Waals surface area contributed by atoms with Crippen LogP contribution in [-0.4, -0.2) is 11.6 Å². The van der Waals surface area contributed by atoms with Crippen molar-refractivity contribution in [2.24, 2.45) is 17.8 Å². The van der Waals surface area contributed by atoms with Crippen molar-refractivity contribution in [1.82, 2.24) is 0 Å². The molecule has 2 fully saturated rings. The van der Waals surface area contributed by atoms with Gasteiger partial charge in [-0.3, -0.25) is 9.59 Å². The molecule has 0 spiro atoms. The molecule has 2 nitrogen and oxygen atoms in total. The van der Waals surface area contributed by atoms with Crippen LogP contribution in [0, 0.1) is 17.8 Å². The smallest absolute Gasteiger partial charge is 0.147 e. The Bertz CT molecular complexity index is 666. The Labute approximate surface area is 184 Å². The Balaban J connectivity index is 1.46. The molecule has 30 heavy (non-hydrogen) atoms. The van der Waals surface area contributed by atoms with E-state index in [2.05, 4.69) is 38.1 Å². The van der Waals surface area contributed by atoms with Crippen LogP contribution in [0.3, 0.4) is 0 Å². The number of hydrogen-bond acceptors (Lipinski definition) is 2. The fourth-order valence-corrected chi connectivity index (χ4v) is 5.79. The summed E-state index contributed by atoms with van der Waals surface area (Å²) in [6, 6.07) is 8.73. The molecule has 166 valence electrons. The zero-order valence-electron chi connectivity index (χ0n) is 19.3. The first kappa shape index (κ1) is 23.2. The van der Waals surface area contributed by atoms with Crippen LogP contribution in [0.4, 0.5) is 0 Å². The summed E-state index contributed by atoms with van der Waals surface area (Å²) in [5, 5.41) is 0. The predicted molar refractivity (Wildman–Crippen MR) is 125 cm³/mol. The van der Waals surface area contributed by atoms with Gasteiger partial charge < -0.3 is 0 Å². The molecule has 0 amide bonds.